The van der Waals surface area contributed by atoms with Crippen molar-refractivity contribution in [3.05, 3.63) is 75.5 Å². The van der Waals surface area contributed by atoms with Crippen molar-refractivity contribution in [3.63, 3.8) is 0 Å². The van der Waals surface area contributed by atoms with Gasteiger partial charge in [0.2, 0.25) is 5.82 Å². The summed E-state index contributed by atoms with van der Waals surface area (Å²) in [6.45, 7) is 2.52. The number of thioether (sulfide) groups is 1. The summed E-state index contributed by atoms with van der Waals surface area (Å²) in [6.07, 6.45) is -9.78. The molecule has 3 heterocycles. The molecule has 0 aliphatic heterocycles. The van der Waals surface area contributed by atoms with Crippen LogP contribution in [-0.4, -0.2) is 77.2 Å². The number of tetrazole rings is 1. The van der Waals surface area contributed by atoms with Crippen molar-refractivity contribution in [3.8, 4) is 11.9 Å². The molecule has 1 aromatic carbocycles. The number of carbonyl (C=O) groups is 2. The molecule has 12 nitrogen and oxygen atoms in total. The number of hydrogen-bond donors (Lipinski definition) is 2. The van der Waals surface area contributed by atoms with E-state index in [0.29, 0.717) is 11.3 Å². The van der Waals surface area contributed by atoms with Crippen LogP contribution in [0.15, 0.2) is 36.5 Å². The van der Waals surface area contributed by atoms with E-state index < -0.39 is 42.2 Å². The molecule has 0 spiro atoms. The minimum atomic E-state index is -6.46. The minimum Gasteiger partial charge on any atom is -0.349 e. The highest BCUT2D eigenvalue weighted by Crippen LogP contribution is 2.51. The lowest BCUT2D eigenvalue weighted by molar-refractivity contribution is -0.351. The van der Waals surface area contributed by atoms with Gasteiger partial charge in [0.25, 0.3) is 11.8 Å². The molecular weight excluding hydrogens is 697 g/mol. The Morgan fingerprint density at radius 1 is 1.08 bits per heavy atom. The van der Waals surface area contributed by atoms with Gasteiger partial charge in [0.05, 0.1) is 33.6 Å². The summed E-state index contributed by atoms with van der Waals surface area (Å²) >= 11 is 7.75. The molecule has 0 saturated carbocycles. The molecule has 48 heavy (non-hydrogen) atoms. The highest BCUT2D eigenvalue weighted by atomic mass is 35.5. The van der Waals surface area contributed by atoms with Crippen molar-refractivity contribution in [2.24, 2.45) is 0 Å². The molecule has 0 saturated heterocycles. The quantitative estimate of drug-likeness (QED) is 0.212. The van der Waals surface area contributed by atoms with Gasteiger partial charge in [0.1, 0.15) is 12.2 Å². The Hall–Kier alpha value is -4.77. The Morgan fingerprint density at radius 3 is 2.38 bits per heavy atom. The number of pyridine rings is 1. The predicted octanol–water partition coefficient (Wildman–Crippen LogP) is 5.16. The van der Waals surface area contributed by atoms with Crippen LogP contribution in [0.5, 0.6) is 0 Å². The Bertz CT molecular complexity index is 1870. The third kappa shape index (κ3) is 7.21. The van der Waals surface area contributed by atoms with Crippen LogP contribution in [0.1, 0.15) is 50.4 Å². The molecule has 0 bridgehead atoms. The molecule has 3 aromatic heterocycles. The van der Waals surface area contributed by atoms with Gasteiger partial charge >= 0.3 is 18.0 Å². The lowest BCUT2D eigenvalue weighted by atomic mass is 10.0. The van der Waals surface area contributed by atoms with Crippen molar-refractivity contribution < 1.29 is 40.3 Å². The molecule has 1 atom stereocenters. The molecule has 0 aliphatic rings. The summed E-state index contributed by atoms with van der Waals surface area (Å²) in [5.74, 6) is -3.36. The van der Waals surface area contributed by atoms with Gasteiger partial charge in [-0.1, -0.05) is 11.6 Å². The van der Waals surface area contributed by atoms with Gasteiger partial charge in [-0.2, -0.15) is 53.3 Å². The molecule has 2 N–H and O–H groups in total. The highest BCUT2D eigenvalue weighted by molar-refractivity contribution is 7.98. The molecule has 21 heteroatoms. The summed E-state index contributed by atoms with van der Waals surface area (Å²) in [4.78, 5) is 31.3. The summed E-state index contributed by atoms with van der Waals surface area (Å²) in [6, 6.07) is 8.30. The number of alkyl halides is 7. The first-order valence-electron chi connectivity index (χ1n) is 13.4. The second kappa shape index (κ2) is 13.8. The number of nitrogens with zero attached hydrogens (tertiary/aromatic N) is 8. The number of aromatic nitrogens is 7. The molecule has 0 fully saturated rings. The van der Waals surface area contributed by atoms with Crippen LogP contribution in [0.3, 0.4) is 0 Å². The van der Waals surface area contributed by atoms with Crippen molar-refractivity contribution in [1.82, 2.24) is 40.3 Å². The fourth-order valence-electron chi connectivity index (χ4n) is 4.34. The first kappa shape index (κ1) is 36.1. The number of halogens is 8. The SMILES string of the molecule is CSC[C@H](C)NC(=O)c1cc(C#N)cc(C)c1NC(=O)c1cc(Cn2nnc(C(F)(C(F)(F)F)C(F)(F)F)n2)nn1-c1ncccc1Cl. The monoisotopic (exact) mass is 718 g/mol. The van der Waals surface area contributed by atoms with Crippen molar-refractivity contribution in [1.29, 1.82) is 5.26 Å². The van der Waals surface area contributed by atoms with Crippen molar-refractivity contribution >= 4 is 40.9 Å². The zero-order valence-corrected chi connectivity index (χ0v) is 26.4. The van der Waals surface area contributed by atoms with E-state index in [-0.39, 0.29) is 49.9 Å². The van der Waals surface area contributed by atoms with Crippen LogP contribution in [0.25, 0.3) is 5.82 Å². The molecule has 0 radical (unpaired) electrons. The van der Waals surface area contributed by atoms with Crippen molar-refractivity contribution in [2.75, 3.05) is 17.3 Å². The maximum Gasteiger partial charge on any atom is 0.439 e. The number of hydrogen-bond acceptors (Lipinski definition) is 9. The highest BCUT2D eigenvalue weighted by Gasteiger charge is 2.76. The van der Waals surface area contributed by atoms with E-state index in [1.807, 2.05) is 12.3 Å². The Kier molecular flexibility index (Phi) is 10.3. The smallest absolute Gasteiger partial charge is 0.349 e. The Balaban J connectivity index is 1.75. The van der Waals surface area contributed by atoms with Crippen molar-refractivity contribution in [2.45, 2.75) is 44.5 Å². The number of benzene rings is 1. The van der Waals surface area contributed by atoms with Gasteiger partial charge < -0.3 is 10.6 Å². The van der Waals surface area contributed by atoms with E-state index in [1.165, 1.54) is 49.1 Å². The maximum atomic E-state index is 14.4. The zero-order valence-electron chi connectivity index (χ0n) is 24.8. The third-order valence-corrected chi connectivity index (χ3v) is 7.65. The number of nitriles is 1. The summed E-state index contributed by atoms with van der Waals surface area (Å²) in [5, 5.41) is 27.7. The number of amides is 2. The van der Waals surface area contributed by atoms with Gasteiger partial charge in [-0.25, -0.2) is 14.1 Å². The van der Waals surface area contributed by atoms with E-state index >= 15 is 0 Å². The first-order valence-corrected chi connectivity index (χ1v) is 15.1. The van der Waals surface area contributed by atoms with Crippen LogP contribution < -0.4 is 10.6 Å². The Morgan fingerprint density at radius 2 is 1.77 bits per heavy atom. The summed E-state index contributed by atoms with van der Waals surface area (Å²) in [5.41, 5.74) is -6.02. The van der Waals surface area contributed by atoms with Gasteiger partial charge in [0, 0.05) is 18.0 Å². The second-order valence-corrected chi connectivity index (χ2v) is 11.5. The molecular formula is C27H22ClF7N10O2S. The lowest BCUT2D eigenvalue weighted by Gasteiger charge is -2.26. The fraction of sp³-hybridized carbons (Fsp3) is 0.333. The van der Waals surface area contributed by atoms with Gasteiger partial charge in [-0.15, -0.1) is 10.2 Å². The number of aryl methyl sites for hydroxylation is 1. The van der Waals surface area contributed by atoms with Crippen LogP contribution in [0.2, 0.25) is 5.02 Å². The van der Waals surface area contributed by atoms with Gasteiger partial charge in [-0.3, -0.25) is 9.59 Å². The average Bonchev–Trinajstić information content (AvgIpc) is 3.64. The molecule has 4 rings (SSSR count). The molecule has 0 aliphatic carbocycles. The normalized spacial score (nSPS) is 12.8. The van der Waals surface area contributed by atoms with Crippen LogP contribution in [0, 0.1) is 18.3 Å². The summed E-state index contributed by atoms with van der Waals surface area (Å²) in [7, 11) is 0. The van der Waals surface area contributed by atoms with Gasteiger partial charge in [0.15, 0.2) is 5.82 Å². The van der Waals surface area contributed by atoms with E-state index in [4.69, 9.17) is 11.6 Å². The number of carbonyl (C=O) groups excluding carboxylic acids is 2. The van der Waals surface area contributed by atoms with E-state index in [9.17, 15) is 45.6 Å². The molecule has 0 unspecified atom stereocenters. The van der Waals surface area contributed by atoms with Crippen LogP contribution in [0.4, 0.5) is 36.4 Å². The first-order chi connectivity index (χ1) is 22.4. The van der Waals surface area contributed by atoms with Crippen LogP contribution in [-0.2, 0) is 12.2 Å². The van der Waals surface area contributed by atoms with E-state index in [1.54, 1.807) is 6.92 Å². The van der Waals surface area contributed by atoms with E-state index in [2.05, 4.69) is 36.1 Å². The molecule has 254 valence electrons. The number of nitrogens with one attached hydrogen (secondary N) is 2. The molecule has 2 amide bonds. The zero-order chi connectivity index (χ0) is 35.6. The maximum absolute atomic E-state index is 14.4. The number of rotatable bonds is 10. The summed E-state index contributed by atoms with van der Waals surface area (Å²) < 4.78 is 94.5. The largest absolute Gasteiger partial charge is 0.439 e. The second-order valence-electron chi connectivity index (χ2n) is 10.2. The van der Waals surface area contributed by atoms with Crippen LogP contribution >= 0.6 is 23.4 Å². The van der Waals surface area contributed by atoms with Gasteiger partial charge in [-0.05, 0) is 61.2 Å². The molecule has 4 aromatic rings. The Labute approximate surface area is 275 Å². The fourth-order valence-corrected chi connectivity index (χ4v) is 5.12. The average molecular weight is 719 g/mol. The third-order valence-electron chi connectivity index (χ3n) is 6.52. The topological polar surface area (TPSA) is 156 Å². The predicted molar refractivity (Wildman–Crippen MR) is 157 cm³/mol. The minimum absolute atomic E-state index is 0.0164. The standard InChI is InChI=1S/C27H22ClF7N10O2S/c1-13-7-15(10-36)8-17(22(46)38-14(2)12-48-3)20(13)39-23(47)19-9-16(41-45(19)21-18(28)5-4-6-37-21)11-44-42-24(40-43-44)25(29,26(30,31)32)27(33,34)35/h4-9,14H,11-12H2,1-3H3,(H,38,46)(H,39,47)/t14-/m0/s1. The number of anilines is 1. The van der Waals surface area contributed by atoms with E-state index in [0.717, 1.165) is 10.7 Å². The lowest BCUT2D eigenvalue weighted by Crippen LogP contribution is -2.51.